The molecule has 0 bridgehead atoms. The van der Waals surface area contributed by atoms with Crippen molar-refractivity contribution in [2.75, 3.05) is 7.11 Å². The predicted molar refractivity (Wildman–Crippen MR) is 45.0 cm³/mol. The molecule has 3 rings (SSSR count). The molecule has 0 aromatic rings. The Balaban J connectivity index is 1.89. The van der Waals surface area contributed by atoms with Crippen LogP contribution in [0.4, 0.5) is 0 Å². The minimum atomic E-state index is -0.250. The fourth-order valence-corrected chi connectivity index (χ4v) is 3.48. The van der Waals surface area contributed by atoms with Gasteiger partial charge in [0.2, 0.25) is 0 Å². The van der Waals surface area contributed by atoms with Crippen molar-refractivity contribution in [2.45, 2.75) is 13.0 Å². The zero-order chi connectivity index (χ0) is 10.0. The Morgan fingerprint density at radius 3 is 2.79 bits per heavy atom. The molecule has 1 aliphatic heterocycles. The second-order valence-electron chi connectivity index (χ2n) is 4.49. The van der Waals surface area contributed by atoms with Crippen LogP contribution in [0.1, 0.15) is 6.92 Å². The average Bonchev–Trinajstić information content (AvgIpc) is 2.29. The molecule has 2 saturated carbocycles. The largest absolute Gasteiger partial charge is 0.469 e. The lowest BCUT2D eigenvalue weighted by Gasteiger charge is -2.58. The van der Waals surface area contributed by atoms with Crippen molar-refractivity contribution < 1.29 is 19.1 Å². The number of rotatable bonds is 1. The predicted octanol–water partition coefficient (Wildman–Crippen LogP) is 0.213. The zero-order valence-corrected chi connectivity index (χ0v) is 8.10. The lowest BCUT2D eigenvalue weighted by molar-refractivity contribution is -0.192. The minimum absolute atomic E-state index is 0.0819. The third-order valence-electron chi connectivity index (χ3n) is 4.16. The number of ether oxygens (including phenoxy) is 2. The van der Waals surface area contributed by atoms with E-state index in [9.17, 15) is 9.59 Å². The van der Waals surface area contributed by atoms with Crippen LogP contribution in [0.3, 0.4) is 0 Å². The van der Waals surface area contributed by atoms with Gasteiger partial charge >= 0.3 is 11.9 Å². The summed E-state index contributed by atoms with van der Waals surface area (Å²) in [5, 5.41) is 0. The molecule has 0 spiro atoms. The van der Waals surface area contributed by atoms with Crippen LogP contribution < -0.4 is 0 Å². The van der Waals surface area contributed by atoms with Gasteiger partial charge in [0, 0.05) is 5.92 Å². The summed E-state index contributed by atoms with van der Waals surface area (Å²) in [7, 11) is 1.37. The van der Waals surface area contributed by atoms with Gasteiger partial charge in [-0.15, -0.1) is 0 Å². The van der Waals surface area contributed by atoms with Gasteiger partial charge in [0.05, 0.1) is 18.9 Å². The Kier molecular flexibility index (Phi) is 1.36. The highest BCUT2D eigenvalue weighted by molar-refractivity contribution is 5.87. The molecule has 0 amide bonds. The lowest BCUT2D eigenvalue weighted by atomic mass is 9.43. The van der Waals surface area contributed by atoms with Crippen molar-refractivity contribution in [3.63, 3.8) is 0 Å². The van der Waals surface area contributed by atoms with Gasteiger partial charge in [-0.2, -0.15) is 0 Å². The van der Waals surface area contributed by atoms with Crippen LogP contribution in [0.2, 0.25) is 0 Å². The summed E-state index contributed by atoms with van der Waals surface area (Å²) in [6.07, 6.45) is 0.0819. The van der Waals surface area contributed by atoms with E-state index in [-0.39, 0.29) is 29.9 Å². The molecule has 6 atom stereocenters. The molecule has 1 saturated heterocycles. The number of hydrogen-bond acceptors (Lipinski definition) is 4. The molecule has 76 valence electrons. The molecule has 14 heavy (non-hydrogen) atoms. The Bertz CT molecular complexity index is 324. The average molecular weight is 196 g/mol. The smallest absolute Gasteiger partial charge is 0.310 e. The molecule has 3 fully saturated rings. The van der Waals surface area contributed by atoms with Gasteiger partial charge in [-0.1, -0.05) is 6.92 Å². The number of esters is 2. The molecule has 4 nitrogen and oxygen atoms in total. The van der Waals surface area contributed by atoms with E-state index >= 15 is 0 Å². The maximum atomic E-state index is 11.4. The summed E-state index contributed by atoms with van der Waals surface area (Å²) < 4.78 is 9.91. The fourth-order valence-electron chi connectivity index (χ4n) is 3.48. The second kappa shape index (κ2) is 2.30. The number of carbonyl (C=O) groups is 2. The van der Waals surface area contributed by atoms with Crippen LogP contribution in [-0.2, 0) is 19.1 Å². The monoisotopic (exact) mass is 196 g/mol. The molecular weight excluding hydrogens is 184 g/mol. The summed E-state index contributed by atoms with van der Waals surface area (Å²) >= 11 is 0. The maximum absolute atomic E-state index is 11.4. The SMILES string of the molecule is COC(=O)C1C2C(=O)OC3C(C)C1C32. The van der Waals surface area contributed by atoms with Gasteiger partial charge in [-0.05, 0) is 11.8 Å². The van der Waals surface area contributed by atoms with Gasteiger partial charge in [0.25, 0.3) is 0 Å². The highest BCUT2D eigenvalue weighted by atomic mass is 16.6. The van der Waals surface area contributed by atoms with Gasteiger partial charge in [-0.3, -0.25) is 9.59 Å². The van der Waals surface area contributed by atoms with Crippen molar-refractivity contribution in [1.82, 2.24) is 0 Å². The Morgan fingerprint density at radius 1 is 1.43 bits per heavy atom. The van der Waals surface area contributed by atoms with Gasteiger partial charge in [0.15, 0.2) is 0 Å². The van der Waals surface area contributed by atoms with E-state index in [0.717, 1.165) is 0 Å². The van der Waals surface area contributed by atoms with Crippen molar-refractivity contribution in [3.05, 3.63) is 0 Å². The summed E-state index contributed by atoms with van der Waals surface area (Å²) in [6, 6.07) is 0. The molecule has 4 heteroatoms. The highest BCUT2D eigenvalue weighted by Crippen LogP contribution is 2.66. The Morgan fingerprint density at radius 2 is 2.14 bits per heavy atom. The zero-order valence-electron chi connectivity index (χ0n) is 8.10. The first kappa shape index (κ1) is 8.26. The summed E-state index contributed by atoms with van der Waals surface area (Å²) in [5.41, 5.74) is 0. The molecule has 0 radical (unpaired) electrons. The van der Waals surface area contributed by atoms with Crippen LogP contribution >= 0.6 is 0 Å². The van der Waals surface area contributed by atoms with Crippen LogP contribution in [0, 0.1) is 29.6 Å². The number of methoxy groups -OCH3 is 1. The van der Waals surface area contributed by atoms with Gasteiger partial charge in [0.1, 0.15) is 6.10 Å². The van der Waals surface area contributed by atoms with Crippen LogP contribution in [0.15, 0.2) is 0 Å². The highest BCUT2D eigenvalue weighted by Gasteiger charge is 2.75. The summed E-state index contributed by atoms with van der Waals surface area (Å²) in [6.45, 7) is 2.04. The van der Waals surface area contributed by atoms with E-state index in [1.54, 1.807) is 0 Å². The van der Waals surface area contributed by atoms with E-state index in [4.69, 9.17) is 9.47 Å². The molecular formula is C10H12O4. The maximum Gasteiger partial charge on any atom is 0.310 e. The summed E-state index contributed by atoms with van der Waals surface area (Å²) in [4.78, 5) is 22.9. The first-order valence-electron chi connectivity index (χ1n) is 4.95. The van der Waals surface area contributed by atoms with E-state index in [1.165, 1.54) is 7.11 Å². The third-order valence-corrected chi connectivity index (χ3v) is 4.16. The molecule has 1 heterocycles. The molecule has 3 aliphatic rings. The Labute approximate surface area is 81.6 Å². The number of carbonyl (C=O) groups excluding carboxylic acids is 2. The minimum Gasteiger partial charge on any atom is -0.469 e. The quantitative estimate of drug-likeness (QED) is 0.563. The first-order chi connectivity index (χ1) is 6.66. The van der Waals surface area contributed by atoms with Crippen LogP contribution in [-0.4, -0.2) is 25.2 Å². The summed E-state index contributed by atoms with van der Waals surface area (Å²) in [5.74, 6) is 0.0774. The first-order valence-corrected chi connectivity index (χ1v) is 4.95. The topological polar surface area (TPSA) is 52.6 Å². The van der Waals surface area contributed by atoms with Crippen LogP contribution in [0.5, 0.6) is 0 Å². The number of hydrogen-bond donors (Lipinski definition) is 0. The van der Waals surface area contributed by atoms with E-state index < -0.39 is 0 Å². The van der Waals surface area contributed by atoms with Crippen LogP contribution in [0.25, 0.3) is 0 Å². The Hall–Kier alpha value is -1.06. The lowest BCUT2D eigenvalue weighted by Crippen LogP contribution is -2.65. The molecule has 2 aliphatic carbocycles. The van der Waals surface area contributed by atoms with Crippen molar-refractivity contribution in [1.29, 1.82) is 0 Å². The standard InChI is InChI=1S/C10H12O4/c1-3-4-5-7(6(4)9(11)13-2)10(12)14-8(3)5/h3-8H,1-2H3. The van der Waals surface area contributed by atoms with Crippen molar-refractivity contribution >= 4 is 11.9 Å². The normalized spacial score (nSPS) is 52.6. The van der Waals surface area contributed by atoms with Gasteiger partial charge < -0.3 is 9.47 Å². The molecule has 0 aromatic heterocycles. The molecule has 0 aromatic carbocycles. The van der Waals surface area contributed by atoms with Gasteiger partial charge in [-0.25, -0.2) is 0 Å². The molecule has 6 unspecified atom stereocenters. The third kappa shape index (κ3) is 0.645. The van der Waals surface area contributed by atoms with Crippen molar-refractivity contribution in [2.24, 2.45) is 29.6 Å². The van der Waals surface area contributed by atoms with E-state index in [2.05, 4.69) is 0 Å². The molecule has 0 N–H and O–H groups in total. The van der Waals surface area contributed by atoms with Crippen molar-refractivity contribution in [3.8, 4) is 0 Å². The van der Waals surface area contributed by atoms with E-state index in [0.29, 0.717) is 17.8 Å². The van der Waals surface area contributed by atoms with E-state index in [1.807, 2.05) is 6.92 Å². The fraction of sp³-hybridized carbons (Fsp3) is 0.800. The second-order valence-corrected chi connectivity index (χ2v) is 4.49.